The van der Waals surface area contributed by atoms with E-state index in [9.17, 15) is 17.6 Å². The molecule has 2 aromatic rings. The first-order chi connectivity index (χ1) is 9.36. The van der Waals surface area contributed by atoms with Crippen molar-refractivity contribution in [1.82, 2.24) is 15.1 Å². The number of nitrogens with zero attached hydrogens (tertiary/aromatic N) is 2. The van der Waals surface area contributed by atoms with Gasteiger partial charge in [-0.3, -0.25) is 4.68 Å². The molecule has 0 aliphatic heterocycles. The average Bonchev–Trinajstić information content (AvgIpc) is 2.74. The highest BCUT2D eigenvalue weighted by Gasteiger charge is 2.34. The molecule has 1 aromatic heterocycles. The van der Waals surface area contributed by atoms with Gasteiger partial charge in [-0.1, -0.05) is 12.1 Å². The van der Waals surface area contributed by atoms with Gasteiger partial charge in [-0.2, -0.15) is 18.3 Å². The van der Waals surface area contributed by atoms with Crippen LogP contribution in [0.4, 0.5) is 17.6 Å². The number of benzene rings is 1. The highest BCUT2D eigenvalue weighted by molar-refractivity contribution is 5.85. The minimum atomic E-state index is -4.44. The molecule has 0 radical (unpaired) electrons. The van der Waals surface area contributed by atoms with Crippen molar-refractivity contribution >= 4 is 12.4 Å². The van der Waals surface area contributed by atoms with Crippen LogP contribution in [0.5, 0.6) is 0 Å². The molecule has 1 aromatic carbocycles. The molecule has 3 nitrogen and oxygen atoms in total. The highest BCUT2D eigenvalue weighted by Crippen LogP contribution is 2.28. The summed E-state index contributed by atoms with van der Waals surface area (Å²) in [6, 6.07) is 6.92. The van der Waals surface area contributed by atoms with Crippen molar-refractivity contribution in [3.63, 3.8) is 0 Å². The summed E-state index contributed by atoms with van der Waals surface area (Å²) in [5.74, 6) is -0.324. The maximum absolute atomic E-state index is 12.7. The number of nitrogens with one attached hydrogen (secondary N) is 1. The molecule has 0 spiro atoms. The van der Waals surface area contributed by atoms with Crippen molar-refractivity contribution in [2.24, 2.45) is 7.05 Å². The lowest BCUT2D eigenvalue weighted by molar-refractivity contribution is -0.141. The van der Waals surface area contributed by atoms with E-state index in [1.807, 2.05) is 0 Å². The predicted octanol–water partition coefficient (Wildman–Crippen LogP) is 3.29. The monoisotopic (exact) mass is 323 g/mol. The lowest BCUT2D eigenvalue weighted by Gasteiger charge is -2.05. The summed E-state index contributed by atoms with van der Waals surface area (Å²) in [4.78, 5) is 0. The number of halogens is 5. The third-order valence-corrected chi connectivity index (χ3v) is 2.82. The summed E-state index contributed by atoms with van der Waals surface area (Å²) < 4.78 is 51.3. The van der Waals surface area contributed by atoms with Crippen molar-refractivity contribution < 1.29 is 17.6 Å². The van der Waals surface area contributed by atoms with Gasteiger partial charge in [0.25, 0.3) is 0 Å². The average molecular weight is 324 g/mol. The summed E-state index contributed by atoms with van der Waals surface area (Å²) in [5, 5.41) is 6.41. The van der Waals surface area contributed by atoms with E-state index in [1.54, 1.807) is 12.1 Å². The second-order valence-corrected chi connectivity index (χ2v) is 4.37. The summed E-state index contributed by atoms with van der Waals surface area (Å²) in [6.45, 7) is 0.684. The Labute approximate surface area is 125 Å². The number of hydrogen-bond acceptors (Lipinski definition) is 2. The van der Waals surface area contributed by atoms with Gasteiger partial charge in [0, 0.05) is 20.1 Å². The van der Waals surface area contributed by atoms with Crippen LogP contribution in [0.3, 0.4) is 0 Å². The van der Waals surface area contributed by atoms with Gasteiger partial charge >= 0.3 is 6.18 Å². The minimum absolute atomic E-state index is 0. The van der Waals surface area contributed by atoms with Crippen LogP contribution >= 0.6 is 12.4 Å². The fraction of sp³-hybridized carbons (Fsp3) is 0.308. The Bertz CT molecular complexity index is 578. The zero-order chi connectivity index (χ0) is 14.8. The second kappa shape index (κ2) is 6.91. The number of hydrogen-bond donors (Lipinski definition) is 1. The normalized spacial score (nSPS) is 11.3. The van der Waals surface area contributed by atoms with Gasteiger partial charge in [0.2, 0.25) is 0 Å². The number of rotatable bonds is 4. The van der Waals surface area contributed by atoms with Crippen LogP contribution in [0.2, 0.25) is 0 Å². The number of alkyl halides is 3. The van der Waals surface area contributed by atoms with Crippen LogP contribution in [0.1, 0.15) is 17.0 Å². The Hall–Kier alpha value is -1.60. The Morgan fingerprint density at radius 2 is 1.76 bits per heavy atom. The zero-order valence-corrected chi connectivity index (χ0v) is 11.9. The molecule has 0 bridgehead atoms. The molecule has 8 heteroatoms. The van der Waals surface area contributed by atoms with E-state index >= 15 is 0 Å². The van der Waals surface area contributed by atoms with Gasteiger partial charge in [0.1, 0.15) is 5.82 Å². The van der Waals surface area contributed by atoms with Crippen LogP contribution in [0.25, 0.3) is 0 Å². The molecular weight excluding hydrogens is 310 g/mol. The smallest absolute Gasteiger partial charge is 0.307 e. The minimum Gasteiger partial charge on any atom is -0.307 e. The molecule has 0 amide bonds. The van der Waals surface area contributed by atoms with E-state index in [-0.39, 0.29) is 24.8 Å². The van der Waals surface area contributed by atoms with E-state index in [0.29, 0.717) is 12.2 Å². The summed E-state index contributed by atoms with van der Waals surface area (Å²) in [7, 11) is 1.46. The van der Waals surface area contributed by atoms with E-state index in [2.05, 4.69) is 10.4 Å². The van der Waals surface area contributed by atoms with Crippen LogP contribution < -0.4 is 5.32 Å². The van der Waals surface area contributed by atoms with Crippen molar-refractivity contribution in [3.8, 4) is 0 Å². The van der Waals surface area contributed by atoms with Gasteiger partial charge in [-0.25, -0.2) is 4.39 Å². The van der Waals surface area contributed by atoms with Gasteiger partial charge in [-0.05, 0) is 23.8 Å². The number of aryl methyl sites for hydroxylation is 1. The predicted molar refractivity (Wildman–Crippen MR) is 72.4 cm³/mol. The maximum atomic E-state index is 12.7. The third kappa shape index (κ3) is 4.71. The summed E-state index contributed by atoms with van der Waals surface area (Å²) in [6.07, 6.45) is -4.44. The third-order valence-electron chi connectivity index (χ3n) is 2.82. The fourth-order valence-electron chi connectivity index (χ4n) is 1.75. The van der Waals surface area contributed by atoms with Gasteiger partial charge in [-0.15, -0.1) is 12.4 Å². The van der Waals surface area contributed by atoms with E-state index < -0.39 is 11.9 Å². The van der Waals surface area contributed by atoms with E-state index in [0.717, 1.165) is 11.6 Å². The highest BCUT2D eigenvalue weighted by atomic mass is 35.5. The lowest BCUT2D eigenvalue weighted by atomic mass is 10.2. The zero-order valence-electron chi connectivity index (χ0n) is 11.1. The topological polar surface area (TPSA) is 29.9 Å². The quantitative estimate of drug-likeness (QED) is 0.875. The molecule has 1 heterocycles. The van der Waals surface area contributed by atoms with Gasteiger partial charge < -0.3 is 5.32 Å². The molecule has 0 saturated heterocycles. The van der Waals surface area contributed by atoms with Crippen molar-refractivity contribution in [3.05, 3.63) is 53.1 Å². The first kappa shape index (κ1) is 17.5. The molecule has 116 valence electrons. The molecule has 0 atom stereocenters. The fourth-order valence-corrected chi connectivity index (χ4v) is 1.75. The first-order valence-corrected chi connectivity index (χ1v) is 5.91. The van der Waals surface area contributed by atoms with E-state index in [1.165, 1.54) is 23.9 Å². The molecule has 21 heavy (non-hydrogen) atoms. The van der Waals surface area contributed by atoms with Crippen LogP contribution in [-0.4, -0.2) is 9.78 Å². The Balaban J connectivity index is 0.00000220. The van der Waals surface area contributed by atoms with Crippen molar-refractivity contribution in [2.45, 2.75) is 19.3 Å². The molecule has 0 aliphatic carbocycles. The van der Waals surface area contributed by atoms with Crippen LogP contribution in [0, 0.1) is 5.82 Å². The number of aromatic nitrogens is 2. The molecule has 2 rings (SSSR count). The summed E-state index contributed by atoms with van der Waals surface area (Å²) in [5.41, 5.74) is 0.377. The molecule has 0 aliphatic rings. The molecule has 0 fully saturated rings. The Morgan fingerprint density at radius 3 is 2.29 bits per heavy atom. The Morgan fingerprint density at radius 1 is 1.14 bits per heavy atom. The van der Waals surface area contributed by atoms with Crippen LogP contribution in [0.15, 0.2) is 30.3 Å². The first-order valence-electron chi connectivity index (χ1n) is 5.91. The second-order valence-electron chi connectivity index (χ2n) is 4.37. The van der Waals surface area contributed by atoms with E-state index in [4.69, 9.17) is 0 Å². The van der Waals surface area contributed by atoms with Crippen molar-refractivity contribution in [2.75, 3.05) is 0 Å². The molecule has 0 saturated carbocycles. The molecule has 0 unspecified atom stereocenters. The maximum Gasteiger partial charge on any atom is 0.435 e. The van der Waals surface area contributed by atoms with Gasteiger partial charge in [0.15, 0.2) is 5.69 Å². The molecule has 1 N–H and O–H groups in total. The standard InChI is InChI=1S/C13H13F4N3.ClH/c1-20-11(6-12(19-20)13(15,16)17)8-18-7-9-2-4-10(14)5-3-9;/h2-6,18H,7-8H2,1H3;1H. The largest absolute Gasteiger partial charge is 0.435 e. The van der Waals surface area contributed by atoms with Crippen molar-refractivity contribution in [1.29, 1.82) is 0 Å². The Kier molecular flexibility index (Phi) is 5.74. The SMILES string of the molecule is Cl.Cn1nc(C(F)(F)F)cc1CNCc1ccc(F)cc1. The summed E-state index contributed by atoms with van der Waals surface area (Å²) >= 11 is 0. The lowest BCUT2D eigenvalue weighted by Crippen LogP contribution is -2.15. The van der Waals surface area contributed by atoms with Gasteiger partial charge in [0.05, 0.1) is 5.69 Å². The van der Waals surface area contributed by atoms with Crippen LogP contribution in [-0.2, 0) is 26.3 Å². The molecular formula is C13H14ClF4N3.